The Hall–Kier alpha value is -3.03. The molecule has 0 bridgehead atoms. The van der Waals surface area contributed by atoms with E-state index >= 15 is 0 Å². The zero-order valence-electron chi connectivity index (χ0n) is 12.4. The Balaban J connectivity index is 1.85. The van der Waals surface area contributed by atoms with Crippen molar-refractivity contribution in [2.45, 2.75) is 20.8 Å². The molecular formula is C14H14N6O2. The number of carbonyl (C=O) groups excluding carboxylic acids is 1. The van der Waals surface area contributed by atoms with Gasteiger partial charge in [0.25, 0.3) is 5.91 Å². The Morgan fingerprint density at radius 1 is 1.27 bits per heavy atom. The summed E-state index contributed by atoms with van der Waals surface area (Å²) in [4.78, 5) is 12.3. The first-order valence-corrected chi connectivity index (χ1v) is 6.64. The molecule has 0 spiro atoms. The van der Waals surface area contributed by atoms with Crippen molar-refractivity contribution >= 4 is 11.6 Å². The Labute approximate surface area is 126 Å². The van der Waals surface area contributed by atoms with Crippen molar-refractivity contribution in [2.75, 3.05) is 5.32 Å². The van der Waals surface area contributed by atoms with Crippen LogP contribution >= 0.6 is 0 Å². The zero-order valence-corrected chi connectivity index (χ0v) is 12.4. The number of hydrogen-bond donors (Lipinski definition) is 1. The first kappa shape index (κ1) is 13.9. The molecule has 2 aromatic heterocycles. The van der Waals surface area contributed by atoms with Gasteiger partial charge in [-0.1, -0.05) is 5.16 Å². The maximum atomic E-state index is 12.3. The molecule has 3 rings (SSSR count). The second-order valence-electron chi connectivity index (χ2n) is 4.91. The average Bonchev–Trinajstić information content (AvgIpc) is 3.09. The van der Waals surface area contributed by atoms with Gasteiger partial charge in [-0.3, -0.25) is 4.79 Å². The van der Waals surface area contributed by atoms with E-state index in [1.807, 2.05) is 19.1 Å². The lowest BCUT2D eigenvalue weighted by molar-refractivity contribution is 0.102. The molecule has 2 heterocycles. The molecule has 112 valence electrons. The summed E-state index contributed by atoms with van der Waals surface area (Å²) in [5.41, 5.74) is 3.49. The molecule has 22 heavy (non-hydrogen) atoms. The summed E-state index contributed by atoms with van der Waals surface area (Å²) in [5.74, 6) is 0.253. The van der Waals surface area contributed by atoms with E-state index in [1.165, 1.54) is 6.33 Å². The molecule has 8 heteroatoms. The molecule has 0 radical (unpaired) electrons. The highest BCUT2D eigenvalue weighted by Crippen LogP contribution is 2.20. The molecule has 0 aliphatic rings. The fraction of sp³-hybridized carbons (Fsp3) is 0.214. The fourth-order valence-electron chi connectivity index (χ4n) is 2.26. The van der Waals surface area contributed by atoms with E-state index in [0.717, 1.165) is 11.3 Å². The maximum Gasteiger partial charge on any atom is 0.261 e. The average molecular weight is 298 g/mol. The van der Waals surface area contributed by atoms with Crippen molar-refractivity contribution in [2.24, 2.45) is 0 Å². The minimum atomic E-state index is -0.245. The van der Waals surface area contributed by atoms with Gasteiger partial charge in [0.2, 0.25) is 0 Å². The summed E-state index contributed by atoms with van der Waals surface area (Å²) in [5, 5.41) is 17.7. The molecule has 1 aromatic carbocycles. The van der Waals surface area contributed by atoms with E-state index < -0.39 is 0 Å². The van der Waals surface area contributed by atoms with Crippen LogP contribution in [0.25, 0.3) is 5.69 Å². The second kappa shape index (κ2) is 5.40. The Morgan fingerprint density at radius 2 is 2.09 bits per heavy atom. The highest BCUT2D eigenvalue weighted by Gasteiger charge is 2.17. The number of aromatic nitrogens is 5. The highest BCUT2D eigenvalue weighted by molar-refractivity contribution is 6.05. The molecule has 0 fully saturated rings. The Kier molecular flexibility index (Phi) is 3.42. The molecule has 3 aromatic rings. The third-order valence-corrected chi connectivity index (χ3v) is 3.31. The molecule has 1 amide bonds. The largest absolute Gasteiger partial charge is 0.361 e. The van der Waals surface area contributed by atoms with Gasteiger partial charge < -0.3 is 9.84 Å². The lowest BCUT2D eigenvalue weighted by Crippen LogP contribution is -2.14. The first-order valence-electron chi connectivity index (χ1n) is 6.64. The summed E-state index contributed by atoms with van der Waals surface area (Å²) < 4.78 is 6.57. The van der Waals surface area contributed by atoms with Gasteiger partial charge in [-0.25, -0.2) is 4.68 Å². The number of aryl methyl sites for hydroxylation is 3. The van der Waals surface area contributed by atoms with Gasteiger partial charge in [-0.15, -0.1) is 5.10 Å². The molecule has 0 unspecified atom stereocenters. The monoisotopic (exact) mass is 298 g/mol. The van der Waals surface area contributed by atoms with Crippen molar-refractivity contribution in [1.82, 2.24) is 25.4 Å². The van der Waals surface area contributed by atoms with Crippen LogP contribution in [0, 0.1) is 20.8 Å². The van der Waals surface area contributed by atoms with E-state index in [9.17, 15) is 4.79 Å². The number of hydrogen-bond acceptors (Lipinski definition) is 6. The van der Waals surface area contributed by atoms with Crippen molar-refractivity contribution < 1.29 is 9.32 Å². The number of tetrazole rings is 1. The van der Waals surface area contributed by atoms with Crippen molar-refractivity contribution in [3.05, 3.63) is 47.1 Å². The van der Waals surface area contributed by atoms with Crippen LogP contribution in [-0.4, -0.2) is 31.3 Å². The molecule has 0 saturated carbocycles. The van der Waals surface area contributed by atoms with Gasteiger partial charge in [-0.2, -0.15) is 0 Å². The van der Waals surface area contributed by atoms with Crippen molar-refractivity contribution in [3.8, 4) is 5.69 Å². The van der Waals surface area contributed by atoms with E-state index in [2.05, 4.69) is 26.0 Å². The summed E-state index contributed by atoms with van der Waals surface area (Å²) in [7, 11) is 0. The van der Waals surface area contributed by atoms with Crippen molar-refractivity contribution in [3.63, 3.8) is 0 Å². The van der Waals surface area contributed by atoms with Crippen LogP contribution in [0.3, 0.4) is 0 Å². The van der Waals surface area contributed by atoms with Gasteiger partial charge in [0.15, 0.2) is 0 Å². The molecule has 0 aliphatic heterocycles. The smallest absolute Gasteiger partial charge is 0.261 e. The molecule has 0 aliphatic carbocycles. The summed E-state index contributed by atoms with van der Waals surface area (Å²) in [6.07, 6.45) is 1.52. The summed E-state index contributed by atoms with van der Waals surface area (Å²) in [6.45, 7) is 5.36. The van der Waals surface area contributed by atoms with Crippen LogP contribution in [0.4, 0.5) is 5.69 Å². The second-order valence-corrected chi connectivity index (χ2v) is 4.91. The number of rotatable bonds is 3. The number of carbonyl (C=O) groups is 1. The van der Waals surface area contributed by atoms with Crippen LogP contribution in [-0.2, 0) is 0 Å². The fourth-order valence-corrected chi connectivity index (χ4v) is 2.26. The van der Waals surface area contributed by atoms with Gasteiger partial charge in [0, 0.05) is 5.69 Å². The third kappa shape index (κ3) is 2.46. The highest BCUT2D eigenvalue weighted by atomic mass is 16.5. The number of nitrogens with one attached hydrogen (secondary N) is 1. The Bertz CT molecular complexity index is 802. The van der Waals surface area contributed by atoms with Gasteiger partial charge >= 0.3 is 0 Å². The van der Waals surface area contributed by atoms with E-state index in [4.69, 9.17) is 4.52 Å². The summed E-state index contributed by atoms with van der Waals surface area (Å²) in [6, 6.07) is 5.49. The molecule has 8 nitrogen and oxygen atoms in total. The lowest BCUT2D eigenvalue weighted by atomic mass is 10.1. The zero-order chi connectivity index (χ0) is 15.7. The van der Waals surface area contributed by atoms with Gasteiger partial charge in [0.1, 0.15) is 17.7 Å². The summed E-state index contributed by atoms with van der Waals surface area (Å²) >= 11 is 0. The molecular weight excluding hydrogens is 284 g/mol. The number of nitrogens with zero attached hydrogens (tertiary/aromatic N) is 5. The van der Waals surface area contributed by atoms with E-state index in [-0.39, 0.29) is 5.91 Å². The van der Waals surface area contributed by atoms with E-state index in [0.29, 0.717) is 22.7 Å². The first-order chi connectivity index (χ1) is 10.6. The Morgan fingerprint density at radius 3 is 2.68 bits per heavy atom. The third-order valence-electron chi connectivity index (χ3n) is 3.31. The van der Waals surface area contributed by atoms with Gasteiger partial charge in [-0.05, 0) is 55.0 Å². The number of benzene rings is 1. The predicted molar refractivity (Wildman–Crippen MR) is 77.8 cm³/mol. The number of anilines is 1. The van der Waals surface area contributed by atoms with Crippen LogP contribution in [0.1, 0.15) is 27.4 Å². The number of amides is 1. The molecule has 0 atom stereocenters. The topological polar surface area (TPSA) is 98.7 Å². The quantitative estimate of drug-likeness (QED) is 0.792. The maximum absolute atomic E-state index is 12.3. The van der Waals surface area contributed by atoms with Crippen LogP contribution in [0.2, 0.25) is 0 Å². The van der Waals surface area contributed by atoms with Crippen LogP contribution in [0.15, 0.2) is 29.0 Å². The van der Waals surface area contributed by atoms with Gasteiger partial charge in [0.05, 0.1) is 11.4 Å². The van der Waals surface area contributed by atoms with Crippen LogP contribution in [0.5, 0.6) is 0 Å². The molecule has 0 saturated heterocycles. The lowest BCUT2D eigenvalue weighted by Gasteiger charge is -2.09. The minimum Gasteiger partial charge on any atom is -0.361 e. The predicted octanol–water partition coefficient (Wildman–Crippen LogP) is 1.83. The molecule has 1 N–H and O–H groups in total. The van der Waals surface area contributed by atoms with E-state index in [1.54, 1.807) is 24.6 Å². The standard InChI is InChI=1S/C14H14N6O2/c1-8-6-11(4-5-12(8)20-7-15-18-19-20)16-14(21)13-9(2)17-22-10(13)3/h4-7H,1-3H3,(H,16,21). The SMILES string of the molecule is Cc1cc(NC(=O)c2c(C)noc2C)ccc1-n1cnnn1. The normalized spacial score (nSPS) is 10.7. The van der Waals surface area contributed by atoms with Crippen LogP contribution < -0.4 is 5.32 Å². The minimum absolute atomic E-state index is 0.245. The van der Waals surface area contributed by atoms with Crippen molar-refractivity contribution in [1.29, 1.82) is 0 Å².